The van der Waals surface area contributed by atoms with Crippen LogP contribution >= 0.6 is 23.1 Å². The van der Waals surface area contributed by atoms with Crippen molar-refractivity contribution in [2.24, 2.45) is 0 Å². The van der Waals surface area contributed by atoms with Gasteiger partial charge in [0.2, 0.25) is 5.91 Å². The van der Waals surface area contributed by atoms with Crippen LogP contribution in [-0.2, 0) is 9.53 Å². The predicted octanol–water partition coefficient (Wildman–Crippen LogP) is 4.98. The fourth-order valence-corrected chi connectivity index (χ4v) is 5.51. The maximum atomic E-state index is 13.6. The van der Waals surface area contributed by atoms with Crippen molar-refractivity contribution in [1.29, 1.82) is 0 Å². The Kier molecular flexibility index (Phi) is 8.13. The monoisotopic (exact) mass is 473 g/mol. The number of hydrogen-bond acceptors (Lipinski definition) is 6. The van der Waals surface area contributed by atoms with Crippen molar-refractivity contribution >= 4 is 44.4 Å². The Balaban J connectivity index is 1.41. The fraction of sp³-hybridized carbons (Fsp3) is 0.417. The summed E-state index contributed by atoms with van der Waals surface area (Å²) < 4.78 is 19.8. The van der Waals surface area contributed by atoms with E-state index in [1.807, 2.05) is 0 Å². The van der Waals surface area contributed by atoms with Crippen molar-refractivity contribution in [3.63, 3.8) is 0 Å². The molecule has 5 nitrogen and oxygen atoms in total. The van der Waals surface area contributed by atoms with Crippen LogP contribution in [0.25, 0.3) is 10.2 Å². The highest BCUT2D eigenvalue weighted by molar-refractivity contribution is 7.99. The third kappa shape index (κ3) is 6.28. The van der Waals surface area contributed by atoms with E-state index in [1.165, 1.54) is 29.0 Å². The number of rotatable bonds is 9. The number of anilines is 1. The zero-order chi connectivity index (χ0) is 22.3. The minimum Gasteiger partial charge on any atom is -0.379 e. The van der Waals surface area contributed by atoms with Crippen molar-refractivity contribution < 1.29 is 13.9 Å². The number of carbonyl (C=O) groups is 1. The van der Waals surface area contributed by atoms with Crippen LogP contribution in [0.1, 0.15) is 18.4 Å². The van der Waals surface area contributed by atoms with Gasteiger partial charge in [0, 0.05) is 43.2 Å². The zero-order valence-corrected chi connectivity index (χ0v) is 19.9. The van der Waals surface area contributed by atoms with E-state index in [-0.39, 0.29) is 11.7 Å². The van der Waals surface area contributed by atoms with Crippen LogP contribution in [0.4, 0.5) is 9.52 Å². The Hall–Kier alpha value is -2.00. The first-order valence-electron chi connectivity index (χ1n) is 10.9. The van der Waals surface area contributed by atoms with Crippen LogP contribution < -0.4 is 4.90 Å². The van der Waals surface area contributed by atoms with Gasteiger partial charge in [-0.15, -0.1) is 11.8 Å². The molecule has 2 heterocycles. The van der Waals surface area contributed by atoms with Crippen LogP contribution in [0.3, 0.4) is 0 Å². The van der Waals surface area contributed by atoms with Gasteiger partial charge in [-0.1, -0.05) is 29.0 Å². The zero-order valence-electron chi connectivity index (χ0n) is 18.3. The second kappa shape index (κ2) is 11.2. The summed E-state index contributed by atoms with van der Waals surface area (Å²) in [5, 5.41) is 0.651. The van der Waals surface area contributed by atoms with Crippen LogP contribution in [-0.4, -0.2) is 60.9 Å². The minimum atomic E-state index is -0.285. The van der Waals surface area contributed by atoms with Gasteiger partial charge in [-0.2, -0.15) is 0 Å². The molecule has 1 amide bonds. The number of thioether (sulfide) groups is 1. The van der Waals surface area contributed by atoms with Gasteiger partial charge in [0.05, 0.1) is 23.4 Å². The van der Waals surface area contributed by atoms with E-state index < -0.39 is 0 Å². The number of aromatic nitrogens is 1. The molecule has 1 aromatic heterocycles. The quantitative estimate of drug-likeness (QED) is 0.410. The van der Waals surface area contributed by atoms with E-state index in [9.17, 15) is 9.18 Å². The number of nitrogens with zero attached hydrogens (tertiary/aromatic N) is 3. The van der Waals surface area contributed by atoms with Gasteiger partial charge < -0.3 is 4.74 Å². The first-order valence-corrected chi connectivity index (χ1v) is 12.7. The van der Waals surface area contributed by atoms with Crippen LogP contribution in [0.15, 0.2) is 47.4 Å². The Morgan fingerprint density at radius 1 is 1.22 bits per heavy atom. The summed E-state index contributed by atoms with van der Waals surface area (Å²) in [6.45, 7) is 6.99. The summed E-state index contributed by atoms with van der Waals surface area (Å²) in [6, 6.07) is 12.9. The Bertz CT molecular complexity index is 1040. The number of halogens is 1. The Morgan fingerprint density at radius 2 is 2.00 bits per heavy atom. The summed E-state index contributed by atoms with van der Waals surface area (Å²) >= 11 is 3.07. The van der Waals surface area contributed by atoms with Crippen molar-refractivity contribution in [3.8, 4) is 0 Å². The van der Waals surface area contributed by atoms with Crippen LogP contribution in [0.5, 0.6) is 0 Å². The molecule has 1 aliphatic rings. The maximum absolute atomic E-state index is 13.6. The molecule has 0 aliphatic carbocycles. The molecule has 0 radical (unpaired) electrons. The van der Waals surface area contributed by atoms with Gasteiger partial charge in [0.15, 0.2) is 5.13 Å². The normalized spacial score (nSPS) is 14.7. The molecule has 0 spiro atoms. The van der Waals surface area contributed by atoms with E-state index in [0.717, 1.165) is 54.4 Å². The fourth-order valence-electron chi connectivity index (χ4n) is 3.63. The lowest BCUT2D eigenvalue weighted by Gasteiger charge is -2.27. The van der Waals surface area contributed by atoms with Gasteiger partial charge in [0.25, 0.3) is 0 Å². The molecular weight excluding hydrogens is 445 g/mol. The second-order valence-corrected chi connectivity index (χ2v) is 10.1. The first-order chi connectivity index (χ1) is 15.6. The topological polar surface area (TPSA) is 45.7 Å². The molecule has 0 saturated carbocycles. The van der Waals surface area contributed by atoms with Gasteiger partial charge >= 0.3 is 0 Å². The summed E-state index contributed by atoms with van der Waals surface area (Å²) in [6.07, 6.45) is 1.29. The molecule has 0 atom stereocenters. The number of benzene rings is 2. The highest BCUT2D eigenvalue weighted by Crippen LogP contribution is 2.30. The number of amides is 1. The molecule has 1 saturated heterocycles. The first kappa shape index (κ1) is 23.2. The Labute approximate surface area is 196 Å². The number of ether oxygens (including phenoxy) is 1. The third-order valence-corrected chi connectivity index (χ3v) is 7.49. The van der Waals surface area contributed by atoms with Gasteiger partial charge in [-0.25, -0.2) is 9.37 Å². The summed E-state index contributed by atoms with van der Waals surface area (Å²) in [5.74, 6) is 0.486. The third-order valence-electron chi connectivity index (χ3n) is 5.44. The van der Waals surface area contributed by atoms with Crippen molar-refractivity contribution in [2.45, 2.75) is 24.7 Å². The number of fused-ring (bicyclic) bond motifs is 1. The number of thiazole rings is 1. The van der Waals surface area contributed by atoms with E-state index >= 15 is 0 Å². The number of hydrogen-bond donors (Lipinski definition) is 0. The number of carbonyl (C=O) groups excluding carboxylic acids is 1. The molecular formula is C24H28FN3O2S2. The molecule has 170 valence electrons. The van der Waals surface area contributed by atoms with E-state index in [0.29, 0.717) is 23.8 Å². The molecule has 4 rings (SSSR count). The lowest BCUT2D eigenvalue weighted by molar-refractivity contribution is -0.118. The van der Waals surface area contributed by atoms with Crippen molar-refractivity contribution in [3.05, 3.63) is 53.8 Å². The lowest BCUT2D eigenvalue weighted by atomic mass is 10.2. The van der Waals surface area contributed by atoms with E-state index in [2.05, 4.69) is 41.1 Å². The highest BCUT2D eigenvalue weighted by atomic mass is 32.2. The van der Waals surface area contributed by atoms with E-state index in [1.54, 1.807) is 22.7 Å². The number of morpholine rings is 1. The van der Waals surface area contributed by atoms with Crippen molar-refractivity contribution in [2.75, 3.05) is 50.0 Å². The largest absolute Gasteiger partial charge is 0.379 e. The molecule has 0 unspecified atom stereocenters. The number of aryl methyl sites for hydroxylation is 1. The Morgan fingerprint density at radius 3 is 2.78 bits per heavy atom. The molecule has 8 heteroatoms. The SMILES string of the molecule is Cc1ccc(SCCC(=O)N(CCCN2CCOCC2)c2nc3ccc(F)cc3s2)cc1. The second-order valence-electron chi connectivity index (χ2n) is 7.87. The molecule has 32 heavy (non-hydrogen) atoms. The van der Waals surface area contributed by atoms with Gasteiger partial charge in [0.1, 0.15) is 5.82 Å². The van der Waals surface area contributed by atoms with Crippen LogP contribution in [0.2, 0.25) is 0 Å². The molecule has 3 aromatic rings. The lowest BCUT2D eigenvalue weighted by Crippen LogP contribution is -2.39. The van der Waals surface area contributed by atoms with Gasteiger partial charge in [-0.3, -0.25) is 14.6 Å². The average Bonchev–Trinajstić information content (AvgIpc) is 3.21. The smallest absolute Gasteiger partial charge is 0.229 e. The minimum absolute atomic E-state index is 0.0612. The maximum Gasteiger partial charge on any atom is 0.229 e. The predicted molar refractivity (Wildman–Crippen MR) is 130 cm³/mol. The molecule has 1 aliphatic heterocycles. The molecule has 1 fully saturated rings. The van der Waals surface area contributed by atoms with Crippen LogP contribution in [0, 0.1) is 12.7 Å². The highest BCUT2D eigenvalue weighted by Gasteiger charge is 2.20. The van der Waals surface area contributed by atoms with Crippen molar-refractivity contribution in [1.82, 2.24) is 9.88 Å². The van der Waals surface area contributed by atoms with Gasteiger partial charge in [-0.05, 0) is 43.7 Å². The summed E-state index contributed by atoms with van der Waals surface area (Å²) in [4.78, 5) is 23.1. The molecule has 0 bridgehead atoms. The van der Waals surface area contributed by atoms with E-state index in [4.69, 9.17) is 4.74 Å². The molecule has 0 N–H and O–H groups in total. The summed E-state index contributed by atoms with van der Waals surface area (Å²) in [5.41, 5.74) is 1.95. The molecule has 2 aromatic carbocycles. The standard InChI is InChI=1S/C24H28FN3O2S2/c1-18-3-6-20(7-4-18)31-16-9-23(29)28(11-2-10-27-12-14-30-15-13-27)24-26-21-8-5-19(25)17-22(21)32-24/h3-8,17H,2,9-16H2,1H3. The average molecular weight is 474 g/mol. The summed E-state index contributed by atoms with van der Waals surface area (Å²) in [7, 11) is 0.